The van der Waals surface area contributed by atoms with Gasteiger partial charge in [0.05, 0.1) is 18.3 Å². The molecule has 0 aliphatic carbocycles. The zero-order valence-electron chi connectivity index (χ0n) is 15.4. The number of thioether (sulfide) groups is 1. The molecule has 1 atom stereocenters. The summed E-state index contributed by atoms with van der Waals surface area (Å²) in [4.78, 5) is 12.7. The summed E-state index contributed by atoms with van der Waals surface area (Å²) in [6, 6.07) is 7.70. The molecular weight excluding hydrogens is 393 g/mol. The first kappa shape index (κ1) is 22.1. The third-order valence-corrected chi connectivity index (χ3v) is 4.93. The van der Waals surface area contributed by atoms with E-state index in [1.54, 1.807) is 24.3 Å². The van der Waals surface area contributed by atoms with Gasteiger partial charge in [0.15, 0.2) is 5.69 Å². The van der Waals surface area contributed by atoms with Crippen LogP contribution in [0.5, 0.6) is 0 Å². The highest BCUT2D eigenvalue weighted by Crippen LogP contribution is 2.29. The number of aliphatic hydroxyl groups is 1. The molecule has 28 heavy (non-hydrogen) atoms. The lowest BCUT2D eigenvalue weighted by Crippen LogP contribution is -2.29. The number of unbranched alkanes of at least 4 members (excludes halogenated alkanes) is 1. The zero-order valence-corrected chi connectivity index (χ0v) is 16.2. The van der Waals surface area contributed by atoms with Crippen LogP contribution in [-0.4, -0.2) is 39.3 Å². The number of aromatic nitrogens is 2. The normalized spacial score (nSPS) is 12.6. The van der Waals surface area contributed by atoms with Crippen molar-refractivity contribution in [3.8, 4) is 0 Å². The maximum absolute atomic E-state index is 12.6. The smallest absolute Gasteiger partial charge is 0.390 e. The summed E-state index contributed by atoms with van der Waals surface area (Å²) in [5.74, 6) is 0.233. The van der Waals surface area contributed by atoms with Gasteiger partial charge in [-0.2, -0.15) is 18.3 Å². The number of hydrogen-bond acceptors (Lipinski definition) is 4. The maximum atomic E-state index is 12.6. The Kier molecular flexibility index (Phi) is 8.18. The molecule has 154 valence electrons. The van der Waals surface area contributed by atoms with Crippen LogP contribution in [0.25, 0.3) is 0 Å². The Balaban J connectivity index is 1.88. The van der Waals surface area contributed by atoms with Crippen molar-refractivity contribution in [1.29, 1.82) is 0 Å². The van der Waals surface area contributed by atoms with Crippen molar-refractivity contribution in [2.45, 2.75) is 43.5 Å². The third kappa shape index (κ3) is 7.08. The van der Waals surface area contributed by atoms with Gasteiger partial charge in [0.2, 0.25) is 0 Å². The van der Waals surface area contributed by atoms with Crippen LogP contribution in [0.15, 0.2) is 41.4 Å². The predicted molar refractivity (Wildman–Crippen MR) is 102 cm³/mol. The molecule has 0 fully saturated rings. The van der Waals surface area contributed by atoms with Crippen molar-refractivity contribution in [2.24, 2.45) is 0 Å². The molecule has 0 bridgehead atoms. The van der Waals surface area contributed by atoms with Gasteiger partial charge in [0.1, 0.15) is 0 Å². The Hall–Kier alpha value is -2.20. The van der Waals surface area contributed by atoms with Gasteiger partial charge in [-0.15, -0.1) is 11.8 Å². The van der Waals surface area contributed by atoms with Crippen molar-refractivity contribution in [2.75, 3.05) is 17.6 Å². The Labute approximate surface area is 165 Å². The second-order valence-electron chi connectivity index (χ2n) is 6.12. The van der Waals surface area contributed by atoms with Crippen LogP contribution in [0.4, 0.5) is 23.7 Å². The van der Waals surface area contributed by atoms with Crippen molar-refractivity contribution in [1.82, 2.24) is 15.1 Å². The van der Waals surface area contributed by atoms with E-state index >= 15 is 0 Å². The molecule has 2 aromatic rings. The molecule has 10 heteroatoms. The van der Waals surface area contributed by atoms with Gasteiger partial charge in [-0.25, -0.2) is 4.79 Å². The number of anilines is 1. The van der Waals surface area contributed by atoms with E-state index in [1.807, 2.05) is 6.92 Å². The minimum Gasteiger partial charge on any atom is -0.390 e. The predicted octanol–water partition coefficient (Wildman–Crippen LogP) is 3.98. The largest absolute Gasteiger partial charge is 0.435 e. The minimum atomic E-state index is -4.51. The Morgan fingerprint density at radius 3 is 2.75 bits per heavy atom. The fraction of sp³-hybridized carbons (Fsp3) is 0.444. The number of aliphatic hydroxyl groups excluding tert-OH is 1. The van der Waals surface area contributed by atoms with E-state index in [9.17, 15) is 23.1 Å². The minimum absolute atomic E-state index is 0.0593. The average molecular weight is 416 g/mol. The maximum Gasteiger partial charge on any atom is 0.435 e. The second kappa shape index (κ2) is 10.4. The third-order valence-electron chi connectivity index (χ3n) is 3.71. The fourth-order valence-electron chi connectivity index (χ4n) is 2.31. The second-order valence-corrected chi connectivity index (χ2v) is 7.18. The van der Waals surface area contributed by atoms with Gasteiger partial charge < -0.3 is 15.7 Å². The molecule has 0 unspecified atom stereocenters. The number of carbonyl (C=O) groups is 1. The first-order chi connectivity index (χ1) is 13.3. The molecular formula is C18H23F3N4O2S. The molecule has 6 nitrogen and oxygen atoms in total. The summed E-state index contributed by atoms with van der Waals surface area (Å²) in [6.07, 6.45) is -2.36. The number of amides is 2. The fourth-order valence-corrected chi connectivity index (χ4v) is 3.24. The van der Waals surface area contributed by atoms with E-state index in [0.717, 1.165) is 28.5 Å². The number of para-hydroxylation sites is 1. The molecule has 2 amide bonds. The summed E-state index contributed by atoms with van der Waals surface area (Å²) in [7, 11) is 0. The number of nitrogens with zero attached hydrogens (tertiary/aromatic N) is 2. The highest BCUT2D eigenvalue weighted by Gasteiger charge is 2.33. The van der Waals surface area contributed by atoms with Crippen LogP contribution in [0.2, 0.25) is 0 Å². The average Bonchev–Trinajstić information content (AvgIpc) is 3.10. The van der Waals surface area contributed by atoms with E-state index in [2.05, 4.69) is 15.7 Å². The number of rotatable bonds is 9. The number of nitrogens with one attached hydrogen (secondary N) is 2. The van der Waals surface area contributed by atoms with Crippen molar-refractivity contribution < 1.29 is 23.1 Å². The van der Waals surface area contributed by atoms with Crippen LogP contribution in [-0.2, 0) is 12.7 Å². The molecule has 3 N–H and O–H groups in total. The van der Waals surface area contributed by atoms with E-state index in [4.69, 9.17) is 0 Å². The van der Waals surface area contributed by atoms with E-state index in [0.29, 0.717) is 12.2 Å². The number of urea groups is 1. The number of hydrogen-bond donors (Lipinski definition) is 3. The number of alkyl halides is 3. The monoisotopic (exact) mass is 416 g/mol. The lowest BCUT2D eigenvalue weighted by Gasteiger charge is -2.14. The first-order valence-corrected chi connectivity index (χ1v) is 9.83. The molecule has 0 spiro atoms. The number of carbonyl (C=O) groups excluding carboxylic acids is 1. The van der Waals surface area contributed by atoms with Gasteiger partial charge >= 0.3 is 12.2 Å². The van der Waals surface area contributed by atoms with Crippen molar-refractivity contribution in [3.63, 3.8) is 0 Å². The van der Waals surface area contributed by atoms with E-state index in [-0.39, 0.29) is 18.3 Å². The van der Waals surface area contributed by atoms with Crippen molar-refractivity contribution >= 4 is 23.5 Å². The molecule has 1 heterocycles. The van der Waals surface area contributed by atoms with Crippen LogP contribution >= 0.6 is 11.8 Å². The molecule has 0 aliphatic rings. The summed E-state index contributed by atoms with van der Waals surface area (Å²) in [5, 5.41) is 19.1. The van der Waals surface area contributed by atoms with Gasteiger partial charge in [-0.1, -0.05) is 25.5 Å². The zero-order chi connectivity index (χ0) is 20.6. The summed E-state index contributed by atoms with van der Waals surface area (Å²) < 4.78 is 38.8. The SMILES string of the molecule is CCCCNC(=O)Nc1ccccc1SC[C@H](O)Cn1ccc(C(F)(F)F)n1. The Morgan fingerprint density at radius 2 is 2.07 bits per heavy atom. The summed E-state index contributed by atoms with van der Waals surface area (Å²) in [6.45, 7) is 2.56. The summed E-state index contributed by atoms with van der Waals surface area (Å²) >= 11 is 1.30. The lowest BCUT2D eigenvalue weighted by atomic mass is 10.3. The molecule has 1 aromatic heterocycles. The van der Waals surface area contributed by atoms with Crippen LogP contribution in [0.3, 0.4) is 0 Å². The summed E-state index contributed by atoms with van der Waals surface area (Å²) in [5.41, 5.74) is -0.386. The molecule has 1 aromatic carbocycles. The van der Waals surface area contributed by atoms with Crippen LogP contribution < -0.4 is 10.6 Å². The van der Waals surface area contributed by atoms with Gasteiger partial charge in [0.25, 0.3) is 0 Å². The lowest BCUT2D eigenvalue weighted by molar-refractivity contribution is -0.141. The van der Waals surface area contributed by atoms with Crippen molar-refractivity contribution in [3.05, 3.63) is 42.2 Å². The number of halogens is 3. The van der Waals surface area contributed by atoms with Crippen LogP contribution in [0, 0.1) is 0 Å². The topological polar surface area (TPSA) is 79.2 Å². The molecule has 0 radical (unpaired) electrons. The van der Waals surface area contributed by atoms with E-state index < -0.39 is 18.0 Å². The molecule has 0 saturated heterocycles. The van der Waals surface area contributed by atoms with Gasteiger partial charge in [0, 0.05) is 23.4 Å². The molecule has 2 rings (SSSR count). The van der Waals surface area contributed by atoms with Gasteiger partial charge in [-0.3, -0.25) is 4.68 Å². The quantitative estimate of drug-likeness (QED) is 0.427. The molecule has 0 aliphatic heterocycles. The van der Waals surface area contributed by atoms with E-state index in [1.165, 1.54) is 18.0 Å². The Bertz CT molecular complexity index is 767. The molecule has 0 saturated carbocycles. The van der Waals surface area contributed by atoms with Gasteiger partial charge in [-0.05, 0) is 24.6 Å². The highest BCUT2D eigenvalue weighted by molar-refractivity contribution is 7.99. The first-order valence-electron chi connectivity index (χ1n) is 8.85. The highest BCUT2D eigenvalue weighted by atomic mass is 32.2. The number of benzene rings is 1. The Morgan fingerprint density at radius 1 is 1.32 bits per heavy atom. The standard InChI is InChI=1S/C18H23F3N4O2S/c1-2-3-9-22-17(27)23-14-6-4-5-7-15(14)28-12-13(26)11-25-10-8-16(24-25)18(19,20)21/h4-8,10,13,26H,2-3,9,11-12H2,1H3,(H2,22,23,27)/t13-/m1/s1. The van der Waals surface area contributed by atoms with Crippen LogP contribution in [0.1, 0.15) is 25.5 Å².